The van der Waals surface area contributed by atoms with E-state index in [0.29, 0.717) is 5.56 Å². The predicted molar refractivity (Wildman–Crippen MR) is 64.7 cm³/mol. The number of nitrogens with one attached hydrogen (secondary N) is 1. The molecule has 1 aliphatic rings. The van der Waals surface area contributed by atoms with Gasteiger partial charge in [0.1, 0.15) is 11.6 Å². The Balaban J connectivity index is 2.37. The third kappa shape index (κ3) is 2.34. The number of benzene rings is 1. The maximum absolute atomic E-state index is 13.8. The van der Waals surface area contributed by atoms with Crippen LogP contribution in [0.5, 0.6) is 0 Å². The summed E-state index contributed by atoms with van der Waals surface area (Å²) < 4.78 is 27.1. The molecule has 1 N–H and O–H groups in total. The van der Waals surface area contributed by atoms with Gasteiger partial charge < -0.3 is 5.32 Å². The van der Waals surface area contributed by atoms with Gasteiger partial charge in [0.15, 0.2) is 0 Å². The van der Waals surface area contributed by atoms with Gasteiger partial charge in [0.2, 0.25) is 0 Å². The zero-order valence-corrected chi connectivity index (χ0v) is 10.4. The second kappa shape index (κ2) is 4.73. The maximum Gasteiger partial charge on any atom is 0.128 e. The fourth-order valence-electron chi connectivity index (χ4n) is 3.09. The standard InChI is InChI=1S/C14H19F2N/c1-14(7-3-4-8-14)13(17-2)11-9-10(15)5-6-12(11)16/h5-6,9,13,17H,3-4,7-8H2,1-2H3. The average Bonchev–Trinajstić information content (AvgIpc) is 2.72. The van der Waals surface area contributed by atoms with Crippen LogP contribution in [0, 0.1) is 17.0 Å². The summed E-state index contributed by atoms with van der Waals surface area (Å²) in [5, 5.41) is 3.16. The Kier molecular flexibility index (Phi) is 3.48. The largest absolute Gasteiger partial charge is 0.312 e. The lowest BCUT2D eigenvalue weighted by atomic mass is 9.77. The molecule has 0 bridgehead atoms. The van der Waals surface area contributed by atoms with Gasteiger partial charge in [0, 0.05) is 11.6 Å². The van der Waals surface area contributed by atoms with Crippen molar-refractivity contribution in [3.8, 4) is 0 Å². The summed E-state index contributed by atoms with van der Waals surface area (Å²) in [6, 6.07) is 3.59. The number of halogens is 2. The van der Waals surface area contributed by atoms with Crippen molar-refractivity contribution in [1.29, 1.82) is 0 Å². The fourth-order valence-corrected chi connectivity index (χ4v) is 3.09. The molecule has 0 saturated heterocycles. The van der Waals surface area contributed by atoms with Crippen LogP contribution < -0.4 is 5.32 Å². The first-order valence-corrected chi connectivity index (χ1v) is 6.19. The molecule has 94 valence electrons. The third-order valence-corrected chi connectivity index (χ3v) is 4.00. The molecule has 0 heterocycles. The van der Waals surface area contributed by atoms with E-state index in [2.05, 4.69) is 12.2 Å². The van der Waals surface area contributed by atoms with Gasteiger partial charge in [-0.2, -0.15) is 0 Å². The second-order valence-corrected chi connectivity index (χ2v) is 5.25. The second-order valence-electron chi connectivity index (χ2n) is 5.25. The number of rotatable bonds is 3. The molecule has 0 aromatic heterocycles. The van der Waals surface area contributed by atoms with E-state index >= 15 is 0 Å². The van der Waals surface area contributed by atoms with Gasteiger partial charge in [-0.25, -0.2) is 8.78 Å². The number of hydrogen-bond acceptors (Lipinski definition) is 1. The lowest BCUT2D eigenvalue weighted by Crippen LogP contribution is -2.33. The Morgan fingerprint density at radius 3 is 2.47 bits per heavy atom. The van der Waals surface area contributed by atoms with Crippen LogP contribution in [0.4, 0.5) is 8.78 Å². The molecule has 1 fully saturated rings. The first-order valence-electron chi connectivity index (χ1n) is 6.19. The van der Waals surface area contributed by atoms with Gasteiger partial charge in [0.25, 0.3) is 0 Å². The minimum atomic E-state index is -0.372. The summed E-state index contributed by atoms with van der Waals surface area (Å²) >= 11 is 0. The zero-order chi connectivity index (χ0) is 12.5. The molecule has 0 spiro atoms. The molecule has 1 aromatic carbocycles. The highest BCUT2D eigenvalue weighted by atomic mass is 19.1. The normalized spacial score (nSPS) is 20.5. The zero-order valence-electron chi connectivity index (χ0n) is 10.4. The Morgan fingerprint density at radius 2 is 1.88 bits per heavy atom. The Morgan fingerprint density at radius 1 is 1.24 bits per heavy atom. The van der Waals surface area contributed by atoms with Gasteiger partial charge in [-0.15, -0.1) is 0 Å². The summed E-state index contributed by atoms with van der Waals surface area (Å²) in [6.07, 6.45) is 4.47. The maximum atomic E-state index is 13.8. The van der Waals surface area contributed by atoms with Crippen molar-refractivity contribution in [3.05, 3.63) is 35.4 Å². The van der Waals surface area contributed by atoms with Gasteiger partial charge >= 0.3 is 0 Å². The van der Waals surface area contributed by atoms with E-state index in [1.807, 2.05) is 7.05 Å². The van der Waals surface area contributed by atoms with Crippen LogP contribution >= 0.6 is 0 Å². The molecule has 1 aliphatic carbocycles. The van der Waals surface area contributed by atoms with Crippen LogP contribution in [0.2, 0.25) is 0 Å². The minimum absolute atomic E-state index is 0.0311. The van der Waals surface area contributed by atoms with E-state index in [1.54, 1.807) is 0 Å². The summed E-state index contributed by atoms with van der Waals surface area (Å²) in [4.78, 5) is 0. The Bertz CT molecular complexity index is 397. The van der Waals surface area contributed by atoms with Gasteiger partial charge in [0.05, 0.1) is 0 Å². The summed E-state index contributed by atoms with van der Waals surface area (Å²) in [5.74, 6) is -0.692. The summed E-state index contributed by atoms with van der Waals surface area (Å²) in [7, 11) is 1.82. The fraction of sp³-hybridized carbons (Fsp3) is 0.571. The van der Waals surface area contributed by atoms with E-state index in [0.717, 1.165) is 12.8 Å². The molecular formula is C14H19F2N. The van der Waals surface area contributed by atoms with E-state index in [9.17, 15) is 8.78 Å². The predicted octanol–water partition coefficient (Wildman–Crippen LogP) is 3.81. The molecule has 3 heteroatoms. The topological polar surface area (TPSA) is 12.0 Å². The van der Waals surface area contributed by atoms with Gasteiger partial charge in [-0.1, -0.05) is 19.8 Å². The summed E-state index contributed by atoms with van der Waals surface area (Å²) in [5.41, 5.74) is 0.487. The van der Waals surface area contributed by atoms with Crippen molar-refractivity contribution in [3.63, 3.8) is 0 Å². The molecule has 1 atom stereocenters. The van der Waals surface area contributed by atoms with Crippen LogP contribution in [-0.2, 0) is 0 Å². The smallest absolute Gasteiger partial charge is 0.128 e. The third-order valence-electron chi connectivity index (χ3n) is 4.00. The van der Waals surface area contributed by atoms with Crippen molar-refractivity contribution in [1.82, 2.24) is 5.32 Å². The monoisotopic (exact) mass is 239 g/mol. The SMILES string of the molecule is CNC(c1cc(F)ccc1F)C1(C)CCCC1. The quantitative estimate of drug-likeness (QED) is 0.845. The van der Waals surface area contributed by atoms with Crippen molar-refractivity contribution in [2.24, 2.45) is 5.41 Å². The van der Waals surface area contributed by atoms with Crippen LogP contribution in [0.25, 0.3) is 0 Å². The van der Waals surface area contributed by atoms with Crippen LogP contribution in [-0.4, -0.2) is 7.05 Å². The lowest BCUT2D eigenvalue weighted by Gasteiger charge is -2.34. The molecule has 0 amide bonds. The molecular weight excluding hydrogens is 220 g/mol. The van der Waals surface area contributed by atoms with Crippen LogP contribution in [0.3, 0.4) is 0 Å². The van der Waals surface area contributed by atoms with Crippen molar-refractivity contribution in [2.75, 3.05) is 7.05 Å². The molecule has 1 unspecified atom stereocenters. The summed E-state index contributed by atoms with van der Waals surface area (Å²) in [6.45, 7) is 2.16. The van der Waals surface area contributed by atoms with Crippen molar-refractivity contribution < 1.29 is 8.78 Å². The highest BCUT2D eigenvalue weighted by Gasteiger charge is 2.38. The Labute approximate surface area is 101 Å². The molecule has 1 aromatic rings. The van der Waals surface area contributed by atoms with Gasteiger partial charge in [-0.3, -0.25) is 0 Å². The first kappa shape index (κ1) is 12.5. The van der Waals surface area contributed by atoms with E-state index in [1.165, 1.54) is 31.0 Å². The van der Waals surface area contributed by atoms with E-state index < -0.39 is 0 Å². The minimum Gasteiger partial charge on any atom is -0.312 e. The highest BCUT2D eigenvalue weighted by Crippen LogP contribution is 2.47. The van der Waals surface area contributed by atoms with E-state index in [-0.39, 0.29) is 23.1 Å². The Hall–Kier alpha value is -0.960. The van der Waals surface area contributed by atoms with Crippen molar-refractivity contribution >= 4 is 0 Å². The van der Waals surface area contributed by atoms with Crippen LogP contribution in [0.15, 0.2) is 18.2 Å². The highest BCUT2D eigenvalue weighted by molar-refractivity contribution is 5.24. The molecule has 1 saturated carbocycles. The van der Waals surface area contributed by atoms with Crippen molar-refractivity contribution in [2.45, 2.75) is 38.6 Å². The first-order chi connectivity index (χ1) is 8.07. The molecule has 1 nitrogen and oxygen atoms in total. The molecule has 0 aliphatic heterocycles. The van der Waals surface area contributed by atoms with E-state index in [4.69, 9.17) is 0 Å². The molecule has 2 rings (SSSR count). The molecule has 0 radical (unpaired) electrons. The number of hydrogen-bond donors (Lipinski definition) is 1. The molecule has 17 heavy (non-hydrogen) atoms. The van der Waals surface area contributed by atoms with Crippen LogP contribution in [0.1, 0.15) is 44.2 Å². The average molecular weight is 239 g/mol. The van der Waals surface area contributed by atoms with Gasteiger partial charge in [-0.05, 0) is 43.5 Å². The lowest BCUT2D eigenvalue weighted by molar-refractivity contribution is 0.228.